The summed E-state index contributed by atoms with van der Waals surface area (Å²) in [5.74, 6) is 1.45. The number of aromatic nitrogens is 2. The average Bonchev–Trinajstić information content (AvgIpc) is 3.26. The number of rotatable bonds is 8. The Kier molecular flexibility index (Phi) is 8.80. The van der Waals surface area contributed by atoms with E-state index in [4.69, 9.17) is 11.6 Å². The van der Waals surface area contributed by atoms with Gasteiger partial charge in [0.2, 0.25) is 11.8 Å². The van der Waals surface area contributed by atoms with Crippen LogP contribution < -0.4 is 10.2 Å². The molecule has 1 saturated carbocycles. The Morgan fingerprint density at radius 3 is 2.68 bits per heavy atom. The minimum atomic E-state index is -0.0513. The summed E-state index contributed by atoms with van der Waals surface area (Å²) < 4.78 is 0. The quantitative estimate of drug-likeness (QED) is 0.355. The molecule has 0 bridgehead atoms. The second-order valence-corrected chi connectivity index (χ2v) is 9.91. The molecule has 0 spiro atoms. The predicted octanol–water partition coefficient (Wildman–Crippen LogP) is 2.13. The SMILES string of the molecule is CC1CN(c2cc(Cl)nc(SCC(=O)NCCN(C)C)n2)CCN1C(=O)C1CCCC1. The van der Waals surface area contributed by atoms with Gasteiger partial charge in [0.05, 0.1) is 5.75 Å². The van der Waals surface area contributed by atoms with Crippen molar-refractivity contribution in [2.75, 3.05) is 57.5 Å². The van der Waals surface area contributed by atoms with Gasteiger partial charge in [0, 0.05) is 50.7 Å². The summed E-state index contributed by atoms with van der Waals surface area (Å²) in [5, 5.41) is 3.73. The molecule has 172 valence electrons. The lowest BCUT2D eigenvalue weighted by atomic mass is 10.0. The highest BCUT2D eigenvalue weighted by Gasteiger charge is 2.33. The van der Waals surface area contributed by atoms with Gasteiger partial charge in [-0.1, -0.05) is 36.2 Å². The van der Waals surface area contributed by atoms with Gasteiger partial charge in [-0.2, -0.15) is 0 Å². The number of nitrogens with one attached hydrogen (secondary N) is 1. The highest BCUT2D eigenvalue weighted by atomic mass is 35.5. The topological polar surface area (TPSA) is 81.7 Å². The second kappa shape index (κ2) is 11.3. The maximum absolute atomic E-state index is 12.8. The average molecular weight is 469 g/mol. The molecule has 1 aliphatic heterocycles. The molecule has 1 atom stereocenters. The third kappa shape index (κ3) is 6.95. The molecule has 1 aromatic heterocycles. The van der Waals surface area contributed by atoms with Gasteiger partial charge in [-0.05, 0) is 33.9 Å². The molecule has 2 heterocycles. The fourth-order valence-electron chi connectivity index (χ4n) is 4.11. The molecule has 0 aromatic carbocycles. The second-order valence-electron chi connectivity index (χ2n) is 8.58. The van der Waals surface area contributed by atoms with Crippen LogP contribution in [0.3, 0.4) is 0 Å². The Bertz CT molecular complexity index is 774. The number of hydrogen-bond donors (Lipinski definition) is 1. The van der Waals surface area contributed by atoms with Crippen LogP contribution in [0, 0.1) is 5.92 Å². The standard InChI is InChI=1S/C21H33ClN6O2S/c1-15-13-27(10-11-28(15)20(30)16-6-4-5-7-16)18-12-17(22)24-21(25-18)31-14-19(29)23-8-9-26(2)3/h12,15-16H,4-11,13-14H2,1-3H3,(H,23,29). The summed E-state index contributed by atoms with van der Waals surface area (Å²) >= 11 is 7.52. The first kappa shape index (κ1) is 24.1. The van der Waals surface area contributed by atoms with Crippen molar-refractivity contribution < 1.29 is 9.59 Å². The van der Waals surface area contributed by atoms with Crippen LogP contribution in [-0.2, 0) is 9.59 Å². The summed E-state index contributed by atoms with van der Waals surface area (Å²) in [6, 6.07) is 1.87. The van der Waals surface area contributed by atoms with Crippen molar-refractivity contribution in [2.24, 2.45) is 5.92 Å². The van der Waals surface area contributed by atoms with Gasteiger partial charge in [0.25, 0.3) is 0 Å². The van der Waals surface area contributed by atoms with E-state index >= 15 is 0 Å². The number of likely N-dealkylation sites (N-methyl/N-ethyl adjacent to an activating group) is 1. The van der Waals surface area contributed by atoms with Crippen LogP contribution in [0.2, 0.25) is 5.15 Å². The summed E-state index contributed by atoms with van der Waals surface area (Å²) in [7, 11) is 3.93. The molecule has 2 fully saturated rings. The number of nitrogens with zero attached hydrogens (tertiary/aromatic N) is 5. The number of carbonyl (C=O) groups is 2. The largest absolute Gasteiger partial charge is 0.354 e. The first-order valence-electron chi connectivity index (χ1n) is 11.0. The molecule has 1 saturated heterocycles. The fraction of sp³-hybridized carbons (Fsp3) is 0.714. The summed E-state index contributed by atoms with van der Waals surface area (Å²) in [6.45, 7) is 5.61. The van der Waals surface area contributed by atoms with E-state index in [0.29, 0.717) is 42.4 Å². The molecule has 1 unspecified atom stereocenters. The first-order valence-corrected chi connectivity index (χ1v) is 12.3. The molecule has 8 nitrogen and oxygen atoms in total. The predicted molar refractivity (Wildman–Crippen MR) is 125 cm³/mol. The third-order valence-corrected chi connectivity index (χ3v) is 6.85. The van der Waals surface area contributed by atoms with Gasteiger partial charge in [-0.15, -0.1) is 0 Å². The molecule has 10 heteroatoms. The van der Waals surface area contributed by atoms with E-state index in [9.17, 15) is 9.59 Å². The molecule has 1 N–H and O–H groups in total. The van der Waals surface area contributed by atoms with Crippen LogP contribution in [-0.4, -0.2) is 90.2 Å². The van der Waals surface area contributed by atoms with Gasteiger partial charge in [0.15, 0.2) is 5.16 Å². The Labute approximate surface area is 194 Å². The number of amides is 2. The number of carbonyl (C=O) groups excluding carboxylic acids is 2. The van der Waals surface area contributed by atoms with Gasteiger partial charge < -0.3 is 20.0 Å². The molecular formula is C21H33ClN6O2S. The number of piperazine rings is 1. The zero-order valence-corrected chi connectivity index (χ0v) is 20.2. The molecule has 31 heavy (non-hydrogen) atoms. The number of hydrogen-bond acceptors (Lipinski definition) is 7. The summed E-state index contributed by atoms with van der Waals surface area (Å²) in [6.07, 6.45) is 4.38. The summed E-state index contributed by atoms with van der Waals surface area (Å²) in [4.78, 5) is 40.0. The maximum Gasteiger partial charge on any atom is 0.230 e. The molecular weight excluding hydrogens is 436 g/mol. The van der Waals surface area contributed by atoms with Gasteiger partial charge in [-0.3, -0.25) is 9.59 Å². The van der Waals surface area contributed by atoms with Crippen molar-refractivity contribution in [3.05, 3.63) is 11.2 Å². The lowest BCUT2D eigenvalue weighted by Gasteiger charge is -2.41. The van der Waals surface area contributed by atoms with Crippen LogP contribution >= 0.6 is 23.4 Å². The van der Waals surface area contributed by atoms with Crippen molar-refractivity contribution >= 4 is 41.0 Å². The van der Waals surface area contributed by atoms with Crippen molar-refractivity contribution in [2.45, 2.75) is 43.8 Å². The Morgan fingerprint density at radius 2 is 2.00 bits per heavy atom. The highest BCUT2D eigenvalue weighted by Crippen LogP contribution is 2.29. The van der Waals surface area contributed by atoms with E-state index in [0.717, 1.165) is 38.0 Å². The van der Waals surface area contributed by atoms with E-state index < -0.39 is 0 Å². The molecule has 3 rings (SSSR count). The van der Waals surface area contributed by atoms with Crippen LogP contribution in [0.25, 0.3) is 0 Å². The Morgan fingerprint density at radius 1 is 1.26 bits per heavy atom. The number of halogens is 1. The molecule has 2 aliphatic rings. The molecule has 1 aromatic rings. The summed E-state index contributed by atoms with van der Waals surface area (Å²) in [5.41, 5.74) is 0. The molecule has 2 amide bonds. The van der Waals surface area contributed by atoms with Crippen LogP contribution in [0.1, 0.15) is 32.6 Å². The number of anilines is 1. The molecule has 1 aliphatic carbocycles. The lowest BCUT2D eigenvalue weighted by molar-refractivity contribution is -0.137. The van der Waals surface area contributed by atoms with Crippen molar-refractivity contribution in [1.29, 1.82) is 0 Å². The van der Waals surface area contributed by atoms with Crippen LogP contribution in [0.5, 0.6) is 0 Å². The Balaban J connectivity index is 1.55. The van der Waals surface area contributed by atoms with E-state index in [1.165, 1.54) is 11.8 Å². The van der Waals surface area contributed by atoms with Crippen molar-refractivity contribution in [3.8, 4) is 0 Å². The smallest absolute Gasteiger partial charge is 0.230 e. The first-order chi connectivity index (χ1) is 14.8. The fourth-order valence-corrected chi connectivity index (χ4v) is 5.02. The minimum absolute atomic E-state index is 0.0513. The monoisotopic (exact) mass is 468 g/mol. The van der Waals surface area contributed by atoms with E-state index in [1.54, 1.807) is 6.07 Å². The zero-order chi connectivity index (χ0) is 22.4. The third-order valence-electron chi connectivity index (χ3n) is 5.81. The zero-order valence-electron chi connectivity index (χ0n) is 18.6. The minimum Gasteiger partial charge on any atom is -0.354 e. The normalized spacial score (nSPS) is 19.8. The highest BCUT2D eigenvalue weighted by molar-refractivity contribution is 7.99. The number of thioether (sulfide) groups is 1. The van der Waals surface area contributed by atoms with E-state index in [1.807, 2.05) is 23.9 Å². The van der Waals surface area contributed by atoms with Gasteiger partial charge >= 0.3 is 0 Å². The molecule has 0 radical (unpaired) electrons. The van der Waals surface area contributed by atoms with Gasteiger partial charge in [-0.25, -0.2) is 9.97 Å². The van der Waals surface area contributed by atoms with E-state index in [-0.39, 0.29) is 23.6 Å². The van der Waals surface area contributed by atoms with Gasteiger partial charge in [0.1, 0.15) is 11.0 Å². The van der Waals surface area contributed by atoms with Crippen LogP contribution in [0.4, 0.5) is 5.82 Å². The maximum atomic E-state index is 12.8. The van der Waals surface area contributed by atoms with Crippen molar-refractivity contribution in [1.82, 2.24) is 25.1 Å². The van der Waals surface area contributed by atoms with Crippen LogP contribution in [0.15, 0.2) is 11.2 Å². The van der Waals surface area contributed by atoms with Crippen molar-refractivity contribution in [3.63, 3.8) is 0 Å². The lowest BCUT2D eigenvalue weighted by Crippen LogP contribution is -2.55. The van der Waals surface area contributed by atoms with E-state index in [2.05, 4.69) is 27.1 Å². The Hall–Kier alpha value is -1.58.